The number of rotatable bonds is 7. The van der Waals surface area contributed by atoms with Gasteiger partial charge < -0.3 is 10.1 Å². The Morgan fingerprint density at radius 3 is 2.48 bits per heavy atom. The first-order valence-corrected chi connectivity index (χ1v) is 9.25. The molecule has 1 N–H and O–H groups in total. The Labute approximate surface area is 127 Å². The van der Waals surface area contributed by atoms with Gasteiger partial charge in [-0.1, -0.05) is 12.1 Å². The van der Waals surface area contributed by atoms with Crippen LogP contribution in [0.25, 0.3) is 0 Å². The topological polar surface area (TPSA) is 58.6 Å². The summed E-state index contributed by atoms with van der Waals surface area (Å²) in [5, 5.41) is 3.39. The first-order valence-electron chi connectivity index (χ1n) is 7.35. The third-order valence-corrected chi connectivity index (χ3v) is 4.74. The average molecular weight is 312 g/mol. The van der Waals surface area contributed by atoms with E-state index in [1.54, 1.807) is 12.1 Å². The Kier molecular flexibility index (Phi) is 6.17. The van der Waals surface area contributed by atoms with Gasteiger partial charge in [0.1, 0.15) is 0 Å². The second-order valence-corrected chi connectivity index (χ2v) is 7.42. The predicted molar refractivity (Wildman–Crippen MR) is 83.1 cm³/mol. The molecule has 1 aromatic rings. The van der Waals surface area contributed by atoms with Crippen LogP contribution >= 0.6 is 0 Å². The molecule has 0 unspecified atom stereocenters. The van der Waals surface area contributed by atoms with Crippen LogP contribution in [0.3, 0.4) is 0 Å². The zero-order valence-electron chi connectivity index (χ0n) is 12.5. The molecular formula is C15H24N2O3S. The van der Waals surface area contributed by atoms with Crippen molar-refractivity contribution in [1.29, 1.82) is 0 Å². The molecule has 0 aliphatic carbocycles. The minimum Gasteiger partial charge on any atom is -0.379 e. The summed E-state index contributed by atoms with van der Waals surface area (Å²) in [5.74, 6) is 0. The second kappa shape index (κ2) is 7.89. The van der Waals surface area contributed by atoms with Gasteiger partial charge in [-0.15, -0.1) is 0 Å². The number of nitrogens with one attached hydrogen (secondary N) is 1. The van der Waals surface area contributed by atoms with E-state index in [1.165, 1.54) is 6.26 Å². The van der Waals surface area contributed by atoms with Gasteiger partial charge in [-0.05, 0) is 37.2 Å². The highest BCUT2D eigenvalue weighted by molar-refractivity contribution is 7.90. The van der Waals surface area contributed by atoms with Crippen LogP contribution < -0.4 is 5.32 Å². The molecule has 0 bridgehead atoms. The fourth-order valence-electron chi connectivity index (χ4n) is 2.34. The van der Waals surface area contributed by atoms with Crippen LogP contribution in [-0.4, -0.2) is 59.0 Å². The van der Waals surface area contributed by atoms with Gasteiger partial charge in [0.25, 0.3) is 0 Å². The van der Waals surface area contributed by atoms with Gasteiger partial charge in [0.15, 0.2) is 9.84 Å². The molecule has 1 saturated heterocycles. The maximum absolute atomic E-state index is 11.4. The molecule has 1 aromatic carbocycles. The van der Waals surface area contributed by atoms with Gasteiger partial charge >= 0.3 is 0 Å². The predicted octanol–water partition coefficient (Wildman–Crippen LogP) is 0.902. The van der Waals surface area contributed by atoms with E-state index in [9.17, 15) is 8.42 Å². The van der Waals surface area contributed by atoms with Crippen molar-refractivity contribution >= 4 is 9.84 Å². The smallest absolute Gasteiger partial charge is 0.175 e. The largest absolute Gasteiger partial charge is 0.379 e. The van der Waals surface area contributed by atoms with E-state index in [0.29, 0.717) is 4.90 Å². The second-order valence-electron chi connectivity index (χ2n) is 5.40. The Hall–Kier alpha value is -0.950. The number of ether oxygens (including phenoxy) is 1. The molecule has 0 amide bonds. The van der Waals surface area contributed by atoms with E-state index in [2.05, 4.69) is 10.2 Å². The monoisotopic (exact) mass is 312 g/mol. The number of nitrogens with zero attached hydrogens (tertiary/aromatic N) is 1. The Balaban J connectivity index is 1.64. The molecule has 1 heterocycles. The normalized spacial score (nSPS) is 17.0. The maximum atomic E-state index is 11.4. The lowest BCUT2D eigenvalue weighted by Gasteiger charge is -2.26. The van der Waals surface area contributed by atoms with Crippen molar-refractivity contribution in [2.24, 2.45) is 0 Å². The van der Waals surface area contributed by atoms with Gasteiger partial charge in [0.2, 0.25) is 0 Å². The van der Waals surface area contributed by atoms with Crippen LogP contribution in [0.1, 0.15) is 12.0 Å². The summed E-state index contributed by atoms with van der Waals surface area (Å²) in [4.78, 5) is 2.80. The highest BCUT2D eigenvalue weighted by Gasteiger charge is 2.09. The summed E-state index contributed by atoms with van der Waals surface area (Å²) in [6.07, 6.45) is 2.34. The fraction of sp³-hybridized carbons (Fsp3) is 0.600. The Morgan fingerprint density at radius 2 is 1.86 bits per heavy atom. The molecule has 118 valence electrons. The lowest BCUT2D eigenvalue weighted by Crippen LogP contribution is -2.37. The van der Waals surface area contributed by atoms with E-state index in [-0.39, 0.29) is 0 Å². The van der Waals surface area contributed by atoms with Crippen molar-refractivity contribution in [2.45, 2.75) is 17.9 Å². The molecule has 0 aromatic heterocycles. The molecule has 1 aliphatic rings. The molecule has 0 radical (unpaired) electrons. The Morgan fingerprint density at radius 1 is 1.19 bits per heavy atom. The lowest BCUT2D eigenvalue weighted by molar-refractivity contribution is 0.0374. The number of hydrogen-bond acceptors (Lipinski definition) is 5. The van der Waals surface area contributed by atoms with Crippen LogP contribution in [-0.2, 0) is 21.1 Å². The SMILES string of the molecule is CS(=O)(=O)c1ccc(CNCCCN2CCOCC2)cc1. The third kappa shape index (κ3) is 5.74. The van der Waals surface area contributed by atoms with Crippen LogP contribution in [0.4, 0.5) is 0 Å². The highest BCUT2D eigenvalue weighted by atomic mass is 32.2. The van der Waals surface area contributed by atoms with Crippen LogP contribution in [0.15, 0.2) is 29.2 Å². The standard InChI is InChI=1S/C15H24N2O3S/c1-21(18,19)15-5-3-14(4-6-15)13-16-7-2-8-17-9-11-20-12-10-17/h3-6,16H,2,7-13H2,1H3. The van der Waals surface area contributed by atoms with Crippen LogP contribution in [0, 0.1) is 0 Å². The summed E-state index contributed by atoms with van der Waals surface area (Å²) in [6.45, 7) is 6.60. The number of morpholine rings is 1. The summed E-state index contributed by atoms with van der Waals surface area (Å²) >= 11 is 0. The summed E-state index contributed by atoms with van der Waals surface area (Å²) in [7, 11) is -3.10. The van der Waals surface area contributed by atoms with E-state index < -0.39 is 9.84 Å². The molecule has 21 heavy (non-hydrogen) atoms. The quantitative estimate of drug-likeness (QED) is 0.758. The molecule has 0 saturated carbocycles. The van der Waals surface area contributed by atoms with Gasteiger partial charge in [-0.25, -0.2) is 8.42 Å². The molecule has 0 spiro atoms. The molecule has 6 heteroatoms. The van der Waals surface area contributed by atoms with Crippen molar-refractivity contribution in [3.63, 3.8) is 0 Å². The van der Waals surface area contributed by atoms with Crippen molar-refractivity contribution < 1.29 is 13.2 Å². The lowest BCUT2D eigenvalue weighted by atomic mass is 10.2. The zero-order chi connectivity index (χ0) is 15.1. The summed E-state index contributed by atoms with van der Waals surface area (Å²) in [6, 6.07) is 7.07. The molecule has 2 rings (SSSR count). The first kappa shape index (κ1) is 16.4. The van der Waals surface area contributed by atoms with Crippen LogP contribution in [0.2, 0.25) is 0 Å². The molecular weight excluding hydrogens is 288 g/mol. The van der Waals surface area contributed by atoms with Crippen molar-refractivity contribution in [1.82, 2.24) is 10.2 Å². The van der Waals surface area contributed by atoms with Crippen molar-refractivity contribution in [3.8, 4) is 0 Å². The molecule has 1 aliphatic heterocycles. The zero-order valence-corrected chi connectivity index (χ0v) is 13.4. The summed E-state index contributed by atoms with van der Waals surface area (Å²) < 4.78 is 28.0. The fourth-order valence-corrected chi connectivity index (χ4v) is 2.97. The summed E-state index contributed by atoms with van der Waals surface area (Å²) in [5.41, 5.74) is 1.11. The van der Waals surface area contributed by atoms with Crippen molar-refractivity contribution in [2.75, 3.05) is 45.6 Å². The van der Waals surface area contributed by atoms with E-state index in [0.717, 1.165) is 57.9 Å². The number of hydrogen-bond donors (Lipinski definition) is 1. The molecule has 0 atom stereocenters. The molecule has 1 fully saturated rings. The van der Waals surface area contributed by atoms with Crippen molar-refractivity contribution in [3.05, 3.63) is 29.8 Å². The van der Waals surface area contributed by atoms with E-state index in [4.69, 9.17) is 4.74 Å². The van der Waals surface area contributed by atoms with Gasteiger partial charge in [0, 0.05) is 25.9 Å². The van der Waals surface area contributed by atoms with E-state index >= 15 is 0 Å². The minimum atomic E-state index is -3.10. The highest BCUT2D eigenvalue weighted by Crippen LogP contribution is 2.10. The minimum absolute atomic E-state index is 0.374. The van der Waals surface area contributed by atoms with Crippen LogP contribution in [0.5, 0.6) is 0 Å². The average Bonchev–Trinajstić information content (AvgIpc) is 2.47. The third-order valence-electron chi connectivity index (χ3n) is 3.61. The van der Waals surface area contributed by atoms with Gasteiger partial charge in [-0.3, -0.25) is 4.90 Å². The van der Waals surface area contributed by atoms with Gasteiger partial charge in [-0.2, -0.15) is 0 Å². The molecule has 5 nitrogen and oxygen atoms in total. The first-order chi connectivity index (χ1) is 10.1. The Bertz CT molecular complexity index is 522. The van der Waals surface area contributed by atoms with E-state index in [1.807, 2.05) is 12.1 Å². The number of sulfone groups is 1. The maximum Gasteiger partial charge on any atom is 0.175 e. The van der Waals surface area contributed by atoms with Gasteiger partial charge in [0.05, 0.1) is 18.1 Å². The number of benzene rings is 1.